The Balaban J connectivity index is 1.21. The number of halogens is 5. The second-order valence-electron chi connectivity index (χ2n) is 16.7. The van der Waals surface area contributed by atoms with Crippen molar-refractivity contribution in [1.29, 1.82) is 0 Å². The Morgan fingerprint density at radius 3 is 1.24 bits per heavy atom. The van der Waals surface area contributed by atoms with Crippen LogP contribution in [0.3, 0.4) is 0 Å². The summed E-state index contributed by atoms with van der Waals surface area (Å²) in [4.78, 5) is 9.48. The summed E-state index contributed by atoms with van der Waals surface area (Å²) in [7, 11) is 0. The van der Waals surface area contributed by atoms with Crippen molar-refractivity contribution in [3.63, 3.8) is 0 Å². The number of pyridine rings is 2. The highest BCUT2D eigenvalue weighted by molar-refractivity contribution is 6.12. The smallest absolute Gasteiger partial charge is 0.309 e. The predicted octanol–water partition coefficient (Wildman–Crippen LogP) is 16.3. The molecule has 0 aliphatic carbocycles. The van der Waals surface area contributed by atoms with Gasteiger partial charge in [-0.15, -0.1) is 0 Å². The molecule has 0 saturated carbocycles. The standard InChI is InChI=1S/C59H35F5N4/c60-47-22-11-23-48(61)55(47)40-34-53(67-49-24-9-7-18-43(49)45-28-26-38(32-51(45)67)41-20-12-30-65-57(41)36-14-3-1-4-15-36)56(59(62,63)64)54(35-40)68-50-25-10-8-19-44(50)46-29-27-39(33-52(46)68)42-21-13-31-66-58(42)37-16-5-2-6-17-37/h1-35H. The van der Waals surface area contributed by atoms with Crippen LogP contribution in [0.5, 0.6) is 0 Å². The van der Waals surface area contributed by atoms with Crippen LogP contribution in [0.1, 0.15) is 5.56 Å². The highest BCUT2D eigenvalue weighted by Gasteiger charge is 2.40. The van der Waals surface area contributed by atoms with Gasteiger partial charge >= 0.3 is 6.18 Å². The Kier molecular flexibility index (Phi) is 9.62. The highest BCUT2D eigenvalue weighted by Crippen LogP contribution is 2.48. The van der Waals surface area contributed by atoms with Gasteiger partial charge in [0, 0.05) is 56.2 Å². The summed E-state index contributed by atoms with van der Waals surface area (Å²) >= 11 is 0. The van der Waals surface area contributed by atoms with E-state index in [1.54, 1.807) is 45.8 Å². The Morgan fingerprint density at radius 2 is 0.779 bits per heavy atom. The quantitative estimate of drug-likeness (QED) is 0.149. The van der Waals surface area contributed by atoms with Crippen LogP contribution < -0.4 is 0 Å². The number of nitrogens with zero attached hydrogens (tertiary/aromatic N) is 4. The molecule has 0 unspecified atom stereocenters. The summed E-state index contributed by atoms with van der Waals surface area (Å²) in [6.45, 7) is 0. The molecule has 0 atom stereocenters. The van der Waals surface area contributed by atoms with Gasteiger partial charge in [-0.3, -0.25) is 9.97 Å². The number of hydrogen-bond donors (Lipinski definition) is 0. The van der Waals surface area contributed by atoms with E-state index in [0.717, 1.165) is 45.5 Å². The van der Waals surface area contributed by atoms with E-state index in [1.165, 1.54) is 18.2 Å². The zero-order valence-corrected chi connectivity index (χ0v) is 35.9. The number of benzene rings is 8. The van der Waals surface area contributed by atoms with E-state index in [-0.39, 0.29) is 16.9 Å². The molecule has 0 spiro atoms. The van der Waals surface area contributed by atoms with Crippen LogP contribution in [0, 0.1) is 11.6 Å². The Labute approximate surface area is 386 Å². The van der Waals surface area contributed by atoms with Gasteiger partial charge in [-0.25, -0.2) is 8.78 Å². The third-order valence-electron chi connectivity index (χ3n) is 12.8. The van der Waals surface area contributed by atoms with E-state index in [0.29, 0.717) is 55.0 Å². The first-order valence-electron chi connectivity index (χ1n) is 22.0. The lowest BCUT2D eigenvalue weighted by molar-refractivity contribution is -0.137. The summed E-state index contributed by atoms with van der Waals surface area (Å²) in [6.07, 6.45) is -1.58. The minimum atomic E-state index is -5.00. The molecule has 4 heterocycles. The summed E-state index contributed by atoms with van der Waals surface area (Å²) < 4.78 is 85.8. The van der Waals surface area contributed by atoms with Gasteiger partial charge in [0.2, 0.25) is 0 Å². The molecule has 4 nitrogen and oxygen atoms in total. The van der Waals surface area contributed by atoms with Crippen molar-refractivity contribution in [3.05, 3.63) is 230 Å². The number of rotatable bonds is 7. The van der Waals surface area contributed by atoms with Crippen LogP contribution in [0.15, 0.2) is 213 Å². The Hall–Kier alpha value is -8.69. The molecule has 0 amide bonds. The monoisotopic (exact) mass is 894 g/mol. The van der Waals surface area contributed by atoms with Crippen molar-refractivity contribution in [2.75, 3.05) is 0 Å². The van der Waals surface area contributed by atoms with Gasteiger partial charge in [0.05, 0.1) is 50.4 Å². The fraction of sp³-hybridized carbons (Fsp3) is 0.0169. The highest BCUT2D eigenvalue weighted by atomic mass is 19.4. The molecule has 9 heteroatoms. The second-order valence-corrected chi connectivity index (χ2v) is 16.7. The number of aromatic nitrogens is 4. The second kappa shape index (κ2) is 16.0. The first kappa shape index (κ1) is 40.8. The summed E-state index contributed by atoms with van der Waals surface area (Å²) in [5.41, 5.74) is 5.94. The molecule has 0 aliphatic heterocycles. The average molecular weight is 895 g/mol. The maximum absolute atomic E-state index is 16.8. The number of para-hydroxylation sites is 2. The van der Waals surface area contributed by atoms with E-state index in [2.05, 4.69) is 0 Å². The molecule has 0 N–H and O–H groups in total. The zero-order chi connectivity index (χ0) is 46.1. The lowest BCUT2D eigenvalue weighted by Crippen LogP contribution is -2.16. The molecule has 0 saturated heterocycles. The molecular formula is C59H35F5N4. The Morgan fingerprint density at radius 1 is 0.353 bits per heavy atom. The van der Waals surface area contributed by atoms with Crippen LogP contribution in [-0.4, -0.2) is 19.1 Å². The van der Waals surface area contributed by atoms with Gasteiger partial charge in [0.15, 0.2) is 0 Å². The van der Waals surface area contributed by atoms with Crippen molar-refractivity contribution in [2.45, 2.75) is 6.18 Å². The van der Waals surface area contributed by atoms with Crippen LogP contribution in [0.4, 0.5) is 22.0 Å². The molecule has 12 aromatic rings. The van der Waals surface area contributed by atoms with E-state index >= 15 is 22.0 Å². The third-order valence-corrected chi connectivity index (χ3v) is 12.8. The van der Waals surface area contributed by atoms with Crippen molar-refractivity contribution in [1.82, 2.24) is 19.1 Å². The molecule has 8 aromatic carbocycles. The summed E-state index contributed by atoms with van der Waals surface area (Å²) in [5, 5.41) is 2.79. The number of fused-ring (bicyclic) bond motifs is 6. The molecule has 326 valence electrons. The molecule has 4 aromatic heterocycles. The molecule has 68 heavy (non-hydrogen) atoms. The molecule has 0 fully saturated rings. The van der Waals surface area contributed by atoms with Gasteiger partial charge in [0.25, 0.3) is 0 Å². The third kappa shape index (κ3) is 6.65. The van der Waals surface area contributed by atoms with Crippen LogP contribution >= 0.6 is 0 Å². The normalized spacial score (nSPS) is 11.9. The van der Waals surface area contributed by atoms with Gasteiger partial charge in [-0.2, -0.15) is 13.2 Å². The average Bonchev–Trinajstić information content (AvgIpc) is 3.88. The predicted molar refractivity (Wildman–Crippen MR) is 263 cm³/mol. The molecule has 0 aliphatic rings. The molecular weight excluding hydrogens is 860 g/mol. The first-order valence-corrected chi connectivity index (χ1v) is 22.0. The SMILES string of the molecule is Fc1cccc(F)c1-c1cc(-n2c3ccccc3c3ccc(-c4cccnc4-c4ccccc4)cc32)c(C(F)(F)F)c(-n2c3ccccc3c3ccc(-c4cccnc4-c4ccccc4)cc32)c1. The van der Waals surface area contributed by atoms with Crippen LogP contribution in [-0.2, 0) is 6.18 Å². The van der Waals surface area contributed by atoms with Gasteiger partial charge in [0.1, 0.15) is 17.2 Å². The van der Waals surface area contributed by atoms with E-state index in [4.69, 9.17) is 9.97 Å². The van der Waals surface area contributed by atoms with E-state index in [1.807, 2.05) is 146 Å². The van der Waals surface area contributed by atoms with Crippen molar-refractivity contribution in [3.8, 4) is 67.3 Å². The summed E-state index contributed by atoms with van der Waals surface area (Å²) in [6, 6.07) is 59.0. The maximum atomic E-state index is 16.8. The first-order chi connectivity index (χ1) is 33.2. The molecule has 0 bridgehead atoms. The molecule has 0 radical (unpaired) electrons. The minimum Gasteiger partial charge on any atom is -0.309 e. The zero-order valence-electron chi connectivity index (χ0n) is 35.9. The topological polar surface area (TPSA) is 35.6 Å². The number of hydrogen-bond acceptors (Lipinski definition) is 2. The van der Waals surface area contributed by atoms with Crippen molar-refractivity contribution >= 4 is 43.6 Å². The van der Waals surface area contributed by atoms with E-state index < -0.39 is 28.9 Å². The summed E-state index contributed by atoms with van der Waals surface area (Å²) in [5.74, 6) is -1.82. The van der Waals surface area contributed by atoms with Gasteiger partial charge < -0.3 is 9.13 Å². The van der Waals surface area contributed by atoms with E-state index in [9.17, 15) is 0 Å². The van der Waals surface area contributed by atoms with Gasteiger partial charge in [-0.05, 0) is 77.4 Å². The van der Waals surface area contributed by atoms with Crippen molar-refractivity contribution < 1.29 is 22.0 Å². The van der Waals surface area contributed by atoms with Crippen molar-refractivity contribution in [2.24, 2.45) is 0 Å². The van der Waals surface area contributed by atoms with Crippen LogP contribution in [0.2, 0.25) is 0 Å². The lowest BCUT2D eigenvalue weighted by atomic mass is 9.97. The maximum Gasteiger partial charge on any atom is 0.420 e. The van der Waals surface area contributed by atoms with Gasteiger partial charge in [-0.1, -0.05) is 140 Å². The minimum absolute atomic E-state index is 0.0694. The lowest BCUT2D eigenvalue weighted by Gasteiger charge is -2.23. The largest absolute Gasteiger partial charge is 0.420 e. The van der Waals surface area contributed by atoms with Crippen LogP contribution in [0.25, 0.3) is 111 Å². The number of alkyl halides is 3. The fourth-order valence-corrected chi connectivity index (χ4v) is 9.90. The molecule has 12 rings (SSSR count). The fourth-order valence-electron chi connectivity index (χ4n) is 9.90. The Bertz CT molecular complexity index is 3690.